The van der Waals surface area contributed by atoms with Crippen LogP contribution >= 0.6 is 0 Å². The largest absolute Gasteiger partial charge is 0.481 e. The number of unbranched alkanes of at least 4 members (excludes halogenated alkanes) is 1. The summed E-state index contributed by atoms with van der Waals surface area (Å²) in [6.45, 7) is 6.49. The number of rotatable bonds is 11. The van der Waals surface area contributed by atoms with Gasteiger partial charge in [0, 0.05) is 19.6 Å². The van der Waals surface area contributed by atoms with Gasteiger partial charge in [-0.3, -0.25) is 4.79 Å². The predicted octanol–water partition coefficient (Wildman–Crippen LogP) is 1.97. The van der Waals surface area contributed by atoms with Crippen molar-refractivity contribution >= 4 is 5.97 Å². The topological polar surface area (TPSA) is 60.8 Å². The first-order valence-electron chi connectivity index (χ1n) is 6.69. The number of carboxylic acid groups (broad SMARTS) is 1. The Bertz CT molecular complexity index is 197. The molecule has 0 aromatic heterocycles. The Hall–Kier alpha value is -0.610. The zero-order chi connectivity index (χ0) is 13.1. The van der Waals surface area contributed by atoms with Crippen LogP contribution in [0.25, 0.3) is 0 Å². The number of carbonyl (C=O) groups is 1. The summed E-state index contributed by atoms with van der Waals surface area (Å²) in [5.74, 6) is -0.148. The van der Waals surface area contributed by atoms with Crippen molar-refractivity contribution in [2.45, 2.75) is 46.0 Å². The molecule has 102 valence electrons. The first-order chi connectivity index (χ1) is 8.13. The van der Waals surface area contributed by atoms with Crippen molar-refractivity contribution in [3.63, 3.8) is 0 Å². The van der Waals surface area contributed by atoms with Crippen molar-refractivity contribution in [2.24, 2.45) is 5.92 Å². The number of aliphatic hydroxyl groups excluding tert-OH is 1. The summed E-state index contributed by atoms with van der Waals surface area (Å²) in [6, 6.07) is 0. The van der Waals surface area contributed by atoms with E-state index in [1.807, 2.05) is 0 Å². The molecule has 0 aromatic rings. The third-order valence-electron chi connectivity index (χ3n) is 3.12. The van der Waals surface area contributed by atoms with E-state index < -0.39 is 5.97 Å². The second-order valence-electron chi connectivity index (χ2n) is 4.58. The van der Waals surface area contributed by atoms with Gasteiger partial charge in [0.15, 0.2) is 0 Å². The van der Waals surface area contributed by atoms with Crippen molar-refractivity contribution in [1.29, 1.82) is 0 Å². The minimum atomic E-state index is -0.769. The Balaban J connectivity index is 4.04. The van der Waals surface area contributed by atoms with E-state index in [-0.39, 0.29) is 13.0 Å². The van der Waals surface area contributed by atoms with E-state index in [4.69, 9.17) is 10.2 Å². The standard InChI is InChI=1S/C13H27NO3/c1-3-5-6-12(4-2)11-14(9-10-15)8-7-13(16)17/h12,15H,3-11H2,1-2H3,(H,16,17). The number of nitrogens with zero attached hydrogens (tertiary/aromatic N) is 1. The van der Waals surface area contributed by atoms with Gasteiger partial charge in [0.1, 0.15) is 0 Å². The Morgan fingerprint density at radius 2 is 2.00 bits per heavy atom. The Labute approximate surface area is 105 Å². The fourth-order valence-corrected chi connectivity index (χ4v) is 1.97. The van der Waals surface area contributed by atoms with Gasteiger partial charge in [-0.25, -0.2) is 0 Å². The van der Waals surface area contributed by atoms with Crippen LogP contribution in [0.2, 0.25) is 0 Å². The Morgan fingerprint density at radius 1 is 1.29 bits per heavy atom. The van der Waals surface area contributed by atoms with E-state index in [0.29, 0.717) is 19.0 Å². The molecule has 0 aliphatic carbocycles. The van der Waals surface area contributed by atoms with E-state index in [2.05, 4.69) is 18.7 Å². The number of aliphatic carboxylic acids is 1. The summed E-state index contributed by atoms with van der Waals surface area (Å²) >= 11 is 0. The van der Waals surface area contributed by atoms with Gasteiger partial charge in [0.05, 0.1) is 13.0 Å². The van der Waals surface area contributed by atoms with Crippen LogP contribution in [-0.4, -0.2) is 47.3 Å². The molecule has 2 N–H and O–H groups in total. The van der Waals surface area contributed by atoms with Gasteiger partial charge in [-0.05, 0) is 12.3 Å². The second-order valence-corrected chi connectivity index (χ2v) is 4.58. The summed E-state index contributed by atoms with van der Waals surface area (Å²) in [7, 11) is 0. The summed E-state index contributed by atoms with van der Waals surface area (Å²) in [5.41, 5.74) is 0. The fourth-order valence-electron chi connectivity index (χ4n) is 1.97. The normalized spacial score (nSPS) is 12.9. The third kappa shape index (κ3) is 9.12. The lowest BCUT2D eigenvalue weighted by Crippen LogP contribution is -2.33. The molecule has 0 saturated carbocycles. The lowest BCUT2D eigenvalue weighted by molar-refractivity contribution is -0.137. The van der Waals surface area contributed by atoms with Gasteiger partial charge in [-0.15, -0.1) is 0 Å². The first-order valence-corrected chi connectivity index (χ1v) is 6.69. The van der Waals surface area contributed by atoms with E-state index in [0.717, 1.165) is 13.0 Å². The molecule has 1 atom stereocenters. The number of hydrogen-bond donors (Lipinski definition) is 2. The van der Waals surface area contributed by atoms with Crippen LogP contribution < -0.4 is 0 Å². The summed E-state index contributed by atoms with van der Waals surface area (Å²) in [6.07, 6.45) is 4.90. The molecule has 1 unspecified atom stereocenters. The SMILES string of the molecule is CCCCC(CC)CN(CCO)CCC(=O)O. The maximum Gasteiger partial charge on any atom is 0.304 e. The number of carboxylic acids is 1. The third-order valence-corrected chi connectivity index (χ3v) is 3.12. The van der Waals surface area contributed by atoms with E-state index >= 15 is 0 Å². The highest BCUT2D eigenvalue weighted by atomic mass is 16.4. The molecule has 17 heavy (non-hydrogen) atoms. The minimum Gasteiger partial charge on any atom is -0.481 e. The van der Waals surface area contributed by atoms with Crippen LogP contribution in [0.4, 0.5) is 0 Å². The lowest BCUT2D eigenvalue weighted by Gasteiger charge is -2.25. The molecule has 0 amide bonds. The van der Waals surface area contributed by atoms with Gasteiger partial charge in [-0.1, -0.05) is 33.1 Å². The summed E-state index contributed by atoms with van der Waals surface area (Å²) in [5, 5.41) is 17.6. The first kappa shape index (κ1) is 16.4. The molecule has 0 heterocycles. The number of aliphatic hydroxyl groups is 1. The summed E-state index contributed by atoms with van der Waals surface area (Å²) in [4.78, 5) is 12.6. The molecule has 4 heteroatoms. The lowest BCUT2D eigenvalue weighted by atomic mass is 9.98. The van der Waals surface area contributed by atoms with Crippen LogP contribution in [0.1, 0.15) is 46.0 Å². The van der Waals surface area contributed by atoms with Gasteiger partial charge >= 0.3 is 5.97 Å². The Kier molecular flexibility index (Phi) is 10.2. The summed E-state index contributed by atoms with van der Waals surface area (Å²) < 4.78 is 0. The van der Waals surface area contributed by atoms with Crippen LogP contribution in [0.3, 0.4) is 0 Å². The highest BCUT2D eigenvalue weighted by Crippen LogP contribution is 2.14. The predicted molar refractivity (Wildman–Crippen MR) is 69.1 cm³/mol. The molecule has 0 rings (SSSR count). The highest BCUT2D eigenvalue weighted by Gasteiger charge is 2.13. The molecular formula is C13H27NO3. The van der Waals surface area contributed by atoms with Crippen LogP contribution in [0.15, 0.2) is 0 Å². The van der Waals surface area contributed by atoms with Gasteiger partial charge in [0.25, 0.3) is 0 Å². The molecule has 0 radical (unpaired) electrons. The maximum atomic E-state index is 10.5. The molecule has 0 fully saturated rings. The highest BCUT2D eigenvalue weighted by molar-refractivity contribution is 5.66. The average molecular weight is 245 g/mol. The zero-order valence-electron chi connectivity index (χ0n) is 11.2. The molecule has 0 aliphatic rings. The van der Waals surface area contributed by atoms with Gasteiger partial charge in [0.2, 0.25) is 0 Å². The molecule has 0 saturated heterocycles. The molecule has 0 aliphatic heterocycles. The average Bonchev–Trinajstić information content (AvgIpc) is 2.31. The minimum absolute atomic E-state index is 0.101. The van der Waals surface area contributed by atoms with Crippen molar-refractivity contribution in [1.82, 2.24) is 4.90 Å². The van der Waals surface area contributed by atoms with Crippen LogP contribution in [0.5, 0.6) is 0 Å². The van der Waals surface area contributed by atoms with Crippen molar-refractivity contribution in [3.05, 3.63) is 0 Å². The van der Waals surface area contributed by atoms with E-state index in [1.165, 1.54) is 19.3 Å². The molecule has 4 nitrogen and oxygen atoms in total. The van der Waals surface area contributed by atoms with Gasteiger partial charge in [-0.2, -0.15) is 0 Å². The van der Waals surface area contributed by atoms with Crippen LogP contribution in [-0.2, 0) is 4.79 Å². The van der Waals surface area contributed by atoms with Crippen LogP contribution in [0, 0.1) is 5.92 Å². The van der Waals surface area contributed by atoms with Gasteiger partial charge < -0.3 is 15.1 Å². The molecule has 0 bridgehead atoms. The van der Waals surface area contributed by atoms with Crippen molar-refractivity contribution in [2.75, 3.05) is 26.2 Å². The molecule has 0 spiro atoms. The zero-order valence-corrected chi connectivity index (χ0v) is 11.2. The fraction of sp³-hybridized carbons (Fsp3) is 0.923. The molecular weight excluding hydrogens is 218 g/mol. The van der Waals surface area contributed by atoms with E-state index in [9.17, 15) is 4.79 Å². The number of hydrogen-bond acceptors (Lipinski definition) is 3. The van der Waals surface area contributed by atoms with Crippen molar-refractivity contribution < 1.29 is 15.0 Å². The quantitative estimate of drug-likeness (QED) is 0.584. The molecule has 0 aromatic carbocycles. The smallest absolute Gasteiger partial charge is 0.304 e. The van der Waals surface area contributed by atoms with E-state index in [1.54, 1.807) is 0 Å². The van der Waals surface area contributed by atoms with Crippen molar-refractivity contribution in [3.8, 4) is 0 Å². The second kappa shape index (κ2) is 10.5. The monoisotopic (exact) mass is 245 g/mol. The maximum absolute atomic E-state index is 10.5. The Morgan fingerprint density at radius 3 is 2.47 bits per heavy atom.